The van der Waals surface area contributed by atoms with Gasteiger partial charge in [0.2, 0.25) is 5.91 Å². The topological polar surface area (TPSA) is 58.6 Å². The molecule has 5 heteroatoms. The minimum Gasteiger partial charge on any atom is -0.483 e. The van der Waals surface area contributed by atoms with Crippen molar-refractivity contribution in [2.24, 2.45) is 0 Å². The average molecular weight is 411 g/mol. The zero-order valence-corrected chi connectivity index (χ0v) is 18.8. The first-order valence-electron chi connectivity index (χ1n) is 10.7. The lowest BCUT2D eigenvalue weighted by atomic mass is 10.1. The van der Waals surface area contributed by atoms with E-state index in [4.69, 9.17) is 4.74 Å². The van der Waals surface area contributed by atoms with E-state index in [0.29, 0.717) is 25.3 Å². The summed E-state index contributed by atoms with van der Waals surface area (Å²) in [6.45, 7) is 10.8. The van der Waals surface area contributed by atoms with Gasteiger partial charge in [0.15, 0.2) is 6.61 Å². The molecule has 0 saturated carbocycles. The molecular formula is C25H34N2O3. The van der Waals surface area contributed by atoms with E-state index in [1.807, 2.05) is 77.1 Å². The van der Waals surface area contributed by atoms with Crippen LogP contribution in [-0.4, -0.2) is 35.9 Å². The van der Waals surface area contributed by atoms with E-state index in [9.17, 15) is 9.59 Å². The molecule has 1 N–H and O–H groups in total. The van der Waals surface area contributed by atoms with E-state index in [0.717, 1.165) is 28.7 Å². The zero-order chi connectivity index (χ0) is 22.1. The quantitative estimate of drug-likeness (QED) is 0.634. The van der Waals surface area contributed by atoms with Crippen molar-refractivity contribution in [1.82, 2.24) is 10.2 Å². The molecule has 0 heterocycles. The number of ether oxygens (including phenoxy) is 1. The summed E-state index contributed by atoms with van der Waals surface area (Å²) in [4.78, 5) is 27.6. The van der Waals surface area contributed by atoms with Crippen LogP contribution in [0.3, 0.4) is 0 Å². The number of hydrogen-bond acceptors (Lipinski definition) is 3. The van der Waals surface area contributed by atoms with Crippen molar-refractivity contribution < 1.29 is 14.3 Å². The fourth-order valence-corrected chi connectivity index (χ4v) is 3.28. The number of aryl methyl sites for hydroxylation is 2. The highest BCUT2D eigenvalue weighted by molar-refractivity contribution is 5.88. The second-order valence-electron chi connectivity index (χ2n) is 7.71. The second-order valence-corrected chi connectivity index (χ2v) is 7.71. The summed E-state index contributed by atoms with van der Waals surface area (Å²) >= 11 is 0. The maximum absolute atomic E-state index is 13.2. The predicted octanol–water partition coefficient (Wildman–Crippen LogP) is 4.32. The Morgan fingerprint density at radius 3 is 2.37 bits per heavy atom. The predicted molar refractivity (Wildman–Crippen MR) is 121 cm³/mol. The van der Waals surface area contributed by atoms with Crippen molar-refractivity contribution in [2.45, 2.75) is 60.0 Å². The molecule has 0 aliphatic rings. The molecule has 30 heavy (non-hydrogen) atoms. The number of rotatable bonds is 10. The van der Waals surface area contributed by atoms with Gasteiger partial charge >= 0.3 is 0 Å². The van der Waals surface area contributed by atoms with Gasteiger partial charge in [-0.25, -0.2) is 0 Å². The van der Waals surface area contributed by atoms with E-state index in [1.54, 1.807) is 4.90 Å². The second kappa shape index (κ2) is 11.4. The standard InChI is InChI=1S/C25H34N2O3/c1-6-15-26-25(29)22(7-2)27(16-21-13-11-18(3)12-14-21)24(28)17-30-23-10-8-9-19(4)20(23)5/h8-14,22H,6-7,15-17H2,1-5H3,(H,26,29). The summed E-state index contributed by atoms with van der Waals surface area (Å²) in [6.07, 6.45) is 1.39. The molecule has 162 valence electrons. The van der Waals surface area contributed by atoms with E-state index in [-0.39, 0.29) is 18.4 Å². The summed E-state index contributed by atoms with van der Waals surface area (Å²) in [7, 11) is 0. The van der Waals surface area contributed by atoms with Gasteiger partial charge in [0.25, 0.3) is 5.91 Å². The monoisotopic (exact) mass is 410 g/mol. The van der Waals surface area contributed by atoms with Crippen LogP contribution in [0.1, 0.15) is 48.9 Å². The Kier molecular flexibility index (Phi) is 8.90. The minimum atomic E-state index is -0.535. The van der Waals surface area contributed by atoms with Crippen molar-refractivity contribution in [3.8, 4) is 5.75 Å². The van der Waals surface area contributed by atoms with Gasteiger partial charge in [-0.05, 0) is 56.4 Å². The molecule has 2 aromatic carbocycles. The van der Waals surface area contributed by atoms with Crippen LogP contribution in [0.2, 0.25) is 0 Å². The number of carbonyl (C=O) groups excluding carboxylic acids is 2. The molecule has 2 rings (SSSR count). The van der Waals surface area contributed by atoms with Crippen LogP contribution in [0.15, 0.2) is 42.5 Å². The number of amides is 2. The van der Waals surface area contributed by atoms with Gasteiger partial charge in [0.1, 0.15) is 11.8 Å². The molecule has 0 bridgehead atoms. The highest BCUT2D eigenvalue weighted by atomic mass is 16.5. The van der Waals surface area contributed by atoms with Gasteiger partial charge < -0.3 is 15.0 Å². The van der Waals surface area contributed by atoms with Gasteiger partial charge in [-0.1, -0.05) is 55.8 Å². The molecule has 5 nitrogen and oxygen atoms in total. The molecule has 0 aromatic heterocycles. The molecule has 0 aliphatic carbocycles. The van der Waals surface area contributed by atoms with Crippen molar-refractivity contribution in [3.05, 3.63) is 64.7 Å². The first kappa shape index (κ1) is 23.5. The summed E-state index contributed by atoms with van der Waals surface area (Å²) in [5.41, 5.74) is 4.27. The minimum absolute atomic E-state index is 0.103. The Bertz CT molecular complexity index is 846. The van der Waals surface area contributed by atoms with Crippen LogP contribution in [0.25, 0.3) is 0 Å². The van der Waals surface area contributed by atoms with E-state index < -0.39 is 6.04 Å². The van der Waals surface area contributed by atoms with E-state index >= 15 is 0 Å². The Labute approximate surface area is 180 Å². The Hall–Kier alpha value is -2.82. The van der Waals surface area contributed by atoms with Crippen LogP contribution >= 0.6 is 0 Å². The van der Waals surface area contributed by atoms with Crippen LogP contribution in [0.4, 0.5) is 0 Å². The Morgan fingerprint density at radius 1 is 1.03 bits per heavy atom. The SMILES string of the molecule is CCCNC(=O)C(CC)N(Cc1ccc(C)cc1)C(=O)COc1cccc(C)c1C. The first-order chi connectivity index (χ1) is 14.4. The summed E-state index contributed by atoms with van der Waals surface area (Å²) in [5.74, 6) is 0.378. The molecule has 0 spiro atoms. The van der Waals surface area contributed by atoms with E-state index in [1.165, 1.54) is 0 Å². The van der Waals surface area contributed by atoms with Crippen LogP contribution in [0, 0.1) is 20.8 Å². The number of nitrogens with one attached hydrogen (secondary N) is 1. The molecule has 0 radical (unpaired) electrons. The lowest BCUT2D eigenvalue weighted by molar-refractivity contribution is -0.143. The van der Waals surface area contributed by atoms with Gasteiger partial charge in [0, 0.05) is 13.1 Å². The molecule has 0 aliphatic heterocycles. The first-order valence-corrected chi connectivity index (χ1v) is 10.7. The Morgan fingerprint density at radius 2 is 1.73 bits per heavy atom. The van der Waals surface area contributed by atoms with Gasteiger partial charge in [-0.3, -0.25) is 9.59 Å². The van der Waals surface area contributed by atoms with Crippen molar-refractivity contribution in [3.63, 3.8) is 0 Å². The molecule has 0 fully saturated rings. The molecule has 1 atom stereocenters. The number of hydrogen-bond donors (Lipinski definition) is 1. The normalized spacial score (nSPS) is 11.6. The van der Waals surface area contributed by atoms with Gasteiger partial charge in [-0.15, -0.1) is 0 Å². The van der Waals surface area contributed by atoms with Crippen molar-refractivity contribution in [1.29, 1.82) is 0 Å². The fraction of sp³-hybridized carbons (Fsp3) is 0.440. The van der Waals surface area contributed by atoms with Crippen molar-refractivity contribution >= 4 is 11.8 Å². The summed E-state index contributed by atoms with van der Waals surface area (Å²) in [6, 6.07) is 13.3. The summed E-state index contributed by atoms with van der Waals surface area (Å²) < 4.78 is 5.85. The highest BCUT2D eigenvalue weighted by Crippen LogP contribution is 2.21. The third kappa shape index (κ3) is 6.34. The Balaban J connectivity index is 2.21. The average Bonchev–Trinajstić information content (AvgIpc) is 2.74. The maximum atomic E-state index is 13.2. The molecule has 0 saturated heterocycles. The lowest BCUT2D eigenvalue weighted by Gasteiger charge is -2.30. The zero-order valence-electron chi connectivity index (χ0n) is 18.8. The van der Waals surface area contributed by atoms with Gasteiger partial charge in [0.05, 0.1) is 0 Å². The molecule has 2 aromatic rings. The fourth-order valence-electron chi connectivity index (χ4n) is 3.28. The third-order valence-corrected chi connectivity index (χ3v) is 5.31. The smallest absolute Gasteiger partial charge is 0.261 e. The molecule has 2 amide bonds. The maximum Gasteiger partial charge on any atom is 0.261 e. The highest BCUT2D eigenvalue weighted by Gasteiger charge is 2.28. The number of carbonyl (C=O) groups is 2. The molecule has 1 unspecified atom stereocenters. The van der Waals surface area contributed by atoms with Crippen LogP contribution < -0.4 is 10.1 Å². The van der Waals surface area contributed by atoms with Crippen LogP contribution in [0.5, 0.6) is 5.75 Å². The van der Waals surface area contributed by atoms with Crippen molar-refractivity contribution in [2.75, 3.05) is 13.2 Å². The number of benzene rings is 2. The lowest BCUT2D eigenvalue weighted by Crippen LogP contribution is -2.50. The van der Waals surface area contributed by atoms with E-state index in [2.05, 4.69) is 5.32 Å². The third-order valence-electron chi connectivity index (χ3n) is 5.31. The van der Waals surface area contributed by atoms with Gasteiger partial charge in [-0.2, -0.15) is 0 Å². The molecular weight excluding hydrogens is 376 g/mol. The van der Waals surface area contributed by atoms with Crippen LogP contribution in [-0.2, 0) is 16.1 Å². The number of nitrogens with zero attached hydrogens (tertiary/aromatic N) is 1. The summed E-state index contributed by atoms with van der Waals surface area (Å²) in [5, 5.41) is 2.93. The largest absolute Gasteiger partial charge is 0.483 e.